The highest BCUT2D eigenvalue weighted by atomic mass is 16.6. The average molecular weight is 207 g/mol. The molecule has 1 rings (SSSR count). The molecule has 0 heterocycles. The summed E-state index contributed by atoms with van der Waals surface area (Å²) in [5, 5.41) is 4.20. The maximum absolute atomic E-state index is 5.12. The molecule has 0 aromatic carbocycles. The van der Waals surface area contributed by atoms with Gasteiger partial charge >= 0.3 is 0 Å². The lowest BCUT2D eigenvalue weighted by Gasteiger charge is -2.30. The van der Waals surface area contributed by atoms with E-state index in [2.05, 4.69) is 31.8 Å². The van der Waals surface area contributed by atoms with Gasteiger partial charge in [0.25, 0.3) is 0 Å². The van der Waals surface area contributed by atoms with Gasteiger partial charge in [-0.1, -0.05) is 31.8 Å². The molecule has 84 valence electrons. The molecule has 0 spiro atoms. The predicted molar refractivity (Wildman–Crippen MR) is 63.6 cm³/mol. The van der Waals surface area contributed by atoms with Crippen molar-refractivity contribution in [3.63, 3.8) is 0 Å². The van der Waals surface area contributed by atoms with Crippen LogP contribution in [0.25, 0.3) is 0 Å². The van der Waals surface area contributed by atoms with Crippen LogP contribution in [0.15, 0.2) is 5.16 Å². The smallest absolute Gasteiger partial charge is 0.177 e. The first-order valence-corrected chi connectivity index (χ1v) is 5.77. The molecule has 0 unspecified atom stereocenters. The van der Waals surface area contributed by atoms with E-state index in [0.717, 1.165) is 12.3 Å². The standard InChI is InChI=1S/C13H21NO/c1-5-8-15-14-13-9-11(4)6-7-12(13)10(2)3/h1,10-12H,6-9H2,2-4H3/b14-13+/t11-,12+/m1/s1. The Labute approximate surface area is 93.1 Å². The molecule has 2 heteroatoms. The van der Waals surface area contributed by atoms with Crippen LogP contribution in [0.4, 0.5) is 0 Å². The Morgan fingerprint density at radius 1 is 1.53 bits per heavy atom. The van der Waals surface area contributed by atoms with Gasteiger partial charge in [0.05, 0.1) is 5.71 Å². The maximum atomic E-state index is 5.12. The summed E-state index contributed by atoms with van der Waals surface area (Å²) in [6.45, 7) is 7.05. The highest BCUT2D eigenvalue weighted by Crippen LogP contribution is 2.31. The molecule has 0 bridgehead atoms. The molecule has 0 aromatic heterocycles. The predicted octanol–water partition coefficient (Wildman–Crippen LogP) is 3.08. The van der Waals surface area contributed by atoms with E-state index in [-0.39, 0.29) is 6.61 Å². The van der Waals surface area contributed by atoms with Crippen LogP contribution in [-0.2, 0) is 4.84 Å². The summed E-state index contributed by atoms with van der Waals surface area (Å²) in [6, 6.07) is 0. The maximum Gasteiger partial charge on any atom is 0.177 e. The van der Waals surface area contributed by atoms with E-state index < -0.39 is 0 Å². The van der Waals surface area contributed by atoms with Gasteiger partial charge in [0.1, 0.15) is 0 Å². The third-order valence-corrected chi connectivity index (χ3v) is 3.09. The van der Waals surface area contributed by atoms with Crippen LogP contribution < -0.4 is 0 Å². The van der Waals surface area contributed by atoms with E-state index in [1.165, 1.54) is 18.6 Å². The fourth-order valence-corrected chi connectivity index (χ4v) is 2.22. The Morgan fingerprint density at radius 3 is 2.87 bits per heavy atom. The van der Waals surface area contributed by atoms with Crippen molar-refractivity contribution in [3.05, 3.63) is 0 Å². The van der Waals surface area contributed by atoms with E-state index in [0.29, 0.717) is 11.8 Å². The number of nitrogens with zero attached hydrogens (tertiary/aromatic N) is 1. The van der Waals surface area contributed by atoms with E-state index in [1.54, 1.807) is 0 Å². The van der Waals surface area contributed by atoms with Crippen LogP contribution in [0.2, 0.25) is 0 Å². The molecule has 0 amide bonds. The second kappa shape index (κ2) is 5.80. The molecule has 0 radical (unpaired) electrons. The molecule has 0 N–H and O–H groups in total. The fraction of sp³-hybridized carbons (Fsp3) is 0.769. The number of oxime groups is 1. The van der Waals surface area contributed by atoms with Gasteiger partial charge in [0.15, 0.2) is 6.61 Å². The summed E-state index contributed by atoms with van der Waals surface area (Å²) in [4.78, 5) is 5.10. The molecule has 2 atom stereocenters. The molecular weight excluding hydrogens is 186 g/mol. The van der Waals surface area contributed by atoms with Gasteiger partial charge in [-0.2, -0.15) is 0 Å². The molecule has 1 aliphatic carbocycles. The van der Waals surface area contributed by atoms with Crippen LogP contribution in [0.5, 0.6) is 0 Å². The topological polar surface area (TPSA) is 21.6 Å². The van der Waals surface area contributed by atoms with Crippen molar-refractivity contribution in [2.75, 3.05) is 6.61 Å². The van der Waals surface area contributed by atoms with Crippen molar-refractivity contribution in [2.24, 2.45) is 22.9 Å². The number of hydrogen-bond donors (Lipinski definition) is 0. The molecule has 1 fully saturated rings. The minimum absolute atomic E-state index is 0.280. The van der Waals surface area contributed by atoms with Crippen LogP contribution in [0, 0.1) is 30.1 Å². The van der Waals surface area contributed by atoms with Crippen LogP contribution in [-0.4, -0.2) is 12.3 Å². The second-order valence-corrected chi connectivity index (χ2v) is 4.80. The molecule has 0 saturated heterocycles. The number of hydrogen-bond acceptors (Lipinski definition) is 2. The Bertz CT molecular complexity index is 262. The van der Waals surface area contributed by atoms with Gasteiger partial charge in [0.2, 0.25) is 0 Å². The van der Waals surface area contributed by atoms with E-state index in [1.807, 2.05) is 0 Å². The molecule has 0 aromatic rings. The molecular formula is C13H21NO. The lowest BCUT2D eigenvalue weighted by Crippen LogP contribution is -2.28. The summed E-state index contributed by atoms with van der Waals surface area (Å²) >= 11 is 0. The molecule has 0 aliphatic heterocycles. The Kier molecular flexibility index (Phi) is 4.68. The van der Waals surface area contributed by atoms with Gasteiger partial charge in [-0.15, -0.1) is 6.42 Å². The van der Waals surface area contributed by atoms with Gasteiger partial charge in [0, 0.05) is 5.92 Å². The first-order chi connectivity index (χ1) is 7.15. The van der Waals surface area contributed by atoms with E-state index in [4.69, 9.17) is 11.3 Å². The summed E-state index contributed by atoms with van der Waals surface area (Å²) in [5.41, 5.74) is 1.21. The zero-order chi connectivity index (χ0) is 11.3. The minimum Gasteiger partial charge on any atom is -0.383 e. The van der Waals surface area contributed by atoms with Crippen molar-refractivity contribution >= 4 is 5.71 Å². The SMILES string of the molecule is C#CCO/N=C1\C[C@H](C)CC[C@H]1C(C)C. The zero-order valence-electron chi connectivity index (χ0n) is 9.99. The van der Waals surface area contributed by atoms with E-state index >= 15 is 0 Å². The van der Waals surface area contributed by atoms with Gasteiger partial charge in [-0.25, -0.2) is 0 Å². The molecule has 2 nitrogen and oxygen atoms in total. The normalized spacial score (nSPS) is 29.1. The Hall–Kier alpha value is -0.970. The first kappa shape index (κ1) is 12.1. The van der Waals surface area contributed by atoms with Crippen LogP contribution in [0.1, 0.15) is 40.0 Å². The summed E-state index contributed by atoms with van der Waals surface area (Å²) in [5.74, 6) is 4.39. The fourth-order valence-electron chi connectivity index (χ4n) is 2.22. The summed E-state index contributed by atoms with van der Waals surface area (Å²) < 4.78 is 0. The Balaban J connectivity index is 2.62. The van der Waals surface area contributed by atoms with Crippen LogP contribution >= 0.6 is 0 Å². The van der Waals surface area contributed by atoms with Gasteiger partial charge in [-0.3, -0.25) is 0 Å². The quantitative estimate of drug-likeness (QED) is 0.396. The van der Waals surface area contributed by atoms with E-state index in [9.17, 15) is 0 Å². The Morgan fingerprint density at radius 2 is 2.27 bits per heavy atom. The number of terminal acetylenes is 1. The van der Waals surface area contributed by atoms with Crippen molar-refractivity contribution in [2.45, 2.75) is 40.0 Å². The van der Waals surface area contributed by atoms with Gasteiger partial charge < -0.3 is 4.84 Å². The van der Waals surface area contributed by atoms with Crippen LogP contribution in [0.3, 0.4) is 0 Å². The first-order valence-electron chi connectivity index (χ1n) is 5.77. The number of rotatable bonds is 3. The zero-order valence-corrected chi connectivity index (χ0v) is 9.99. The molecule has 15 heavy (non-hydrogen) atoms. The molecule has 1 aliphatic rings. The lowest BCUT2D eigenvalue weighted by molar-refractivity contribution is 0.172. The van der Waals surface area contributed by atoms with Crippen molar-refractivity contribution in [1.29, 1.82) is 0 Å². The second-order valence-electron chi connectivity index (χ2n) is 4.80. The average Bonchev–Trinajstić information content (AvgIpc) is 2.18. The third kappa shape index (κ3) is 3.58. The highest BCUT2D eigenvalue weighted by molar-refractivity contribution is 5.87. The summed E-state index contributed by atoms with van der Waals surface area (Å²) in [7, 11) is 0. The lowest BCUT2D eigenvalue weighted by atomic mass is 9.76. The van der Waals surface area contributed by atoms with Crippen molar-refractivity contribution < 1.29 is 4.84 Å². The van der Waals surface area contributed by atoms with Gasteiger partial charge in [-0.05, 0) is 31.1 Å². The minimum atomic E-state index is 0.280. The largest absolute Gasteiger partial charge is 0.383 e. The monoisotopic (exact) mass is 207 g/mol. The third-order valence-electron chi connectivity index (χ3n) is 3.09. The summed E-state index contributed by atoms with van der Waals surface area (Å²) in [6.07, 6.45) is 8.72. The highest BCUT2D eigenvalue weighted by Gasteiger charge is 2.27. The van der Waals surface area contributed by atoms with Crippen molar-refractivity contribution in [3.8, 4) is 12.3 Å². The molecule has 1 saturated carbocycles. The van der Waals surface area contributed by atoms with Crippen molar-refractivity contribution in [1.82, 2.24) is 0 Å².